The molecule has 0 atom stereocenters. The molecule has 0 unspecified atom stereocenters. The van der Waals surface area contributed by atoms with E-state index in [0.29, 0.717) is 12.7 Å². The minimum absolute atomic E-state index is 0.0460. The highest BCUT2D eigenvalue weighted by molar-refractivity contribution is 8.03. The molecule has 1 heterocycles. The topological polar surface area (TPSA) is 75.7 Å². The number of hydrogen-bond donors (Lipinski definition) is 1. The molecule has 2 aromatic rings. The average molecular weight is 539 g/mol. The summed E-state index contributed by atoms with van der Waals surface area (Å²) in [7, 11) is 1.40. The van der Waals surface area contributed by atoms with Crippen molar-refractivity contribution in [3.63, 3.8) is 0 Å². The molecule has 0 spiro atoms. The monoisotopic (exact) mass is 538 g/mol. The van der Waals surface area contributed by atoms with Crippen LogP contribution in [-0.2, 0) is 19.2 Å². The standard InChI is InChI=1S/C26H30N2O4S.C5H12/c1-19(26-20-11-5-7-13-22(20)27-23-14-8-6-12-21(23)26)33-18-9-3-4-16-25(31)32-28(2)24(30)15-10-17-29;1-3-5-4-2/h5-8,11-14,17,27H,3-4,9-10,15-16,18H2,1-2H3;3-5H2,1-2H3. The maximum Gasteiger partial charge on any atom is 0.332 e. The quantitative estimate of drug-likeness (QED) is 0.143. The lowest BCUT2D eigenvalue weighted by Crippen LogP contribution is -2.29. The molecule has 0 aromatic heterocycles. The minimum atomic E-state index is -0.425. The molecule has 38 heavy (non-hydrogen) atoms. The predicted octanol–water partition coefficient (Wildman–Crippen LogP) is 7.91. The Labute approximate surface area is 232 Å². The van der Waals surface area contributed by atoms with Gasteiger partial charge in [-0.1, -0.05) is 75.9 Å². The van der Waals surface area contributed by atoms with Crippen LogP contribution in [0.5, 0.6) is 0 Å². The number of carbonyl (C=O) groups excluding carboxylic acids is 3. The second-order valence-corrected chi connectivity index (χ2v) is 10.5. The lowest BCUT2D eigenvalue weighted by Gasteiger charge is -2.25. The third-order valence-electron chi connectivity index (χ3n) is 6.13. The molecule has 0 bridgehead atoms. The number of amides is 1. The van der Waals surface area contributed by atoms with Crippen LogP contribution >= 0.6 is 11.8 Å². The van der Waals surface area contributed by atoms with Crippen LogP contribution in [0.25, 0.3) is 5.57 Å². The van der Waals surface area contributed by atoms with Gasteiger partial charge in [-0.25, -0.2) is 4.79 Å². The summed E-state index contributed by atoms with van der Waals surface area (Å²) in [5.41, 5.74) is 5.96. The van der Waals surface area contributed by atoms with Crippen LogP contribution in [0.2, 0.25) is 0 Å². The van der Waals surface area contributed by atoms with Gasteiger partial charge in [-0.15, -0.1) is 11.8 Å². The van der Waals surface area contributed by atoms with Gasteiger partial charge in [-0.2, -0.15) is 5.06 Å². The van der Waals surface area contributed by atoms with Crippen molar-refractivity contribution in [3.05, 3.63) is 64.6 Å². The van der Waals surface area contributed by atoms with Gasteiger partial charge in [-0.05, 0) is 42.6 Å². The highest BCUT2D eigenvalue weighted by Gasteiger charge is 2.21. The van der Waals surface area contributed by atoms with E-state index in [2.05, 4.69) is 62.5 Å². The largest absolute Gasteiger partial charge is 0.355 e. The molecular formula is C31H42N2O4S. The molecule has 206 valence electrons. The molecule has 3 rings (SSSR count). The number of nitrogens with zero attached hydrogens (tertiary/aromatic N) is 1. The van der Waals surface area contributed by atoms with Gasteiger partial charge in [0, 0.05) is 54.4 Å². The van der Waals surface area contributed by atoms with Crippen LogP contribution in [0.15, 0.2) is 53.4 Å². The molecule has 0 aliphatic carbocycles. The van der Waals surface area contributed by atoms with Crippen molar-refractivity contribution in [1.29, 1.82) is 0 Å². The molecule has 2 aromatic carbocycles. The summed E-state index contributed by atoms with van der Waals surface area (Å²) in [5, 5.41) is 4.45. The number of anilines is 2. The van der Waals surface area contributed by atoms with Crippen LogP contribution in [0, 0.1) is 0 Å². The predicted molar refractivity (Wildman–Crippen MR) is 158 cm³/mol. The Kier molecular flexibility index (Phi) is 14.3. The highest BCUT2D eigenvalue weighted by atomic mass is 32.2. The average Bonchev–Trinajstić information content (AvgIpc) is 2.92. The van der Waals surface area contributed by atoms with E-state index >= 15 is 0 Å². The van der Waals surface area contributed by atoms with Crippen molar-refractivity contribution in [3.8, 4) is 0 Å². The molecule has 1 aliphatic heterocycles. The summed E-state index contributed by atoms with van der Waals surface area (Å²) in [6, 6.07) is 16.8. The van der Waals surface area contributed by atoms with E-state index < -0.39 is 5.97 Å². The van der Waals surface area contributed by atoms with Crippen molar-refractivity contribution in [2.45, 2.75) is 78.6 Å². The SMILES string of the molecule is CC(SCCCCCC(=O)ON(C)C(=O)CCC=O)=C1c2ccccc2Nc2ccccc21.CCCCC. The van der Waals surface area contributed by atoms with Crippen molar-refractivity contribution < 1.29 is 19.2 Å². The number of carbonyl (C=O) groups is 3. The summed E-state index contributed by atoms with van der Waals surface area (Å²) < 4.78 is 0. The van der Waals surface area contributed by atoms with Crippen LogP contribution in [0.1, 0.15) is 89.7 Å². The van der Waals surface area contributed by atoms with E-state index in [1.165, 1.54) is 47.9 Å². The van der Waals surface area contributed by atoms with Gasteiger partial charge in [-0.3, -0.25) is 4.79 Å². The third kappa shape index (κ3) is 10.0. The van der Waals surface area contributed by atoms with Gasteiger partial charge in [0.1, 0.15) is 6.29 Å². The number of para-hydroxylation sites is 2. The highest BCUT2D eigenvalue weighted by Crippen LogP contribution is 2.44. The number of rotatable bonds is 12. The smallest absolute Gasteiger partial charge is 0.332 e. The zero-order valence-corrected chi connectivity index (χ0v) is 24.1. The van der Waals surface area contributed by atoms with E-state index in [1.807, 2.05) is 23.9 Å². The van der Waals surface area contributed by atoms with Crippen molar-refractivity contribution in [1.82, 2.24) is 5.06 Å². The first-order valence-corrected chi connectivity index (χ1v) is 14.6. The molecule has 0 saturated heterocycles. The first-order valence-electron chi connectivity index (χ1n) is 13.6. The maximum absolute atomic E-state index is 11.9. The molecular weight excluding hydrogens is 496 g/mol. The lowest BCUT2D eigenvalue weighted by molar-refractivity contribution is -0.192. The van der Waals surface area contributed by atoms with Crippen molar-refractivity contribution in [2.24, 2.45) is 0 Å². The lowest BCUT2D eigenvalue weighted by atomic mass is 9.91. The Balaban J connectivity index is 0.000000926. The van der Waals surface area contributed by atoms with E-state index in [-0.39, 0.29) is 25.2 Å². The summed E-state index contributed by atoms with van der Waals surface area (Å²) in [5.74, 6) is 0.161. The minimum Gasteiger partial charge on any atom is -0.355 e. The number of hydroxylamine groups is 2. The number of allylic oxidation sites excluding steroid dienone is 1. The van der Waals surface area contributed by atoms with Gasteiger partial charge in [0.25, 0.3) is 5.91 Å². The van der Waals surface area contributed by atoms with E-state index in [9.17, 15) is 14.4 Å². The fourth-order valence-corrected chi connectivity index (χ4v) is 5.10. The molecule has 0 saturated carbocycles. The third-order valence-corrected chi connectivity index (χ3v) is 7.26. The number of unbranched alkanes of at least 4 members (excludes halogenated alkanes) is 4. The van der Waals surface area contributed by atoms with E-state index in [4.69, 9.17) is 4.84 Å². The zero-order valence-electron chi connectivity index (χ0n) is 23.3. The molecule has 6 nitrogen and oxygen atoms in total. The Hall–Kier alpha value is -3.06. The molecule has 0 fully saturated rings. The zero-order chi connectivity index (χ0) is 27.8. The summed E-state index contributed by atoms with van der Waals surface area (Å²) in [6.07, 6.45) is 7.79. The summed E-state index contributed by atoms with van der Waals surface area (Å²) >= 11 is 1.85. The number of fused-ring (bicyclic) bond motifs is 2. The van der Waals surface area contributed by atoms with Gasteiger partial charge in [0.15, 0.2) is 0 Å². The Morgan fingerprint density at radius 3 is 2.05 bits per heavy atom. The number of aldehydes is 1. The van der Waals surface area contributed by atoms with Crippen LogP contribution in [0.4, 0.5) is 11.4 Å². The Morgan fingerprint density at radius 2 is 1.50 bits per heavy atom. The Morgan fingerprint density at radius 1 is 0.895 bits per heavy atom. The molecule has 1 N–H and O–H groups in total. The number of hydrogen-bond acceptors (Lipinski definition) is 6. The van der Waals surface area contributed by atoms with E-state index in [0.717, 1.165) is 35.0 Å². The molecule has 0 radical (unpaired) electrons. The van der Waals surface area contributed by atoms with E-state index in [1.54, 1.807) is 0 Å². The summed E-state index contributed by atoms with van der Waals surface area (Å²) in [6.45, 7) is 6.60. The fraction of sp³-hybridized carbons (Fsp3) is 0.452. The van der Waals surface area contributed by atoms with Crippen LogP contribution in [-0.4, -0.2) is 36.0 Å². The second kappa shape index (κ2) is 17.4. The van der Waals surface area contributed by atoms with Gasteiger partial charge >= 0.3 is 5.97 Å². The van der Waals surface area contributed by atoms with Crippen LogP contribution < -0.4 is 5.32 Å². The molecule has 1 amide bonds. The first kappa shape index (κ1) is 31.2. The van der Waals surface area contributed by atoms with Gasteiger partial charge in [0.2, 0.25) is 0 Å². The maximum atomic E-state index is 11.9. The first-order chi connectivity index (χ1) is 18.4. The fourth-order valence-electron chi connectivity index (χ4n) is 4.08. The van der Waals surface area contributed by atoms with Crippen molar-refractivity contribution in [2.75, 3.05) is 18.1 Å². The Bertz CT molecular complexity index is 1030. The van der Waals surface area contributed by atoms with Gasteiger partial charge < -0.3 is 14.9 Å². The normalized spacial score (nSPS) is 11.2. The number of benzene rings is 2. The molecule has 1 aliphatic rings. The van der Waals surface area contributed by atoms with Crippen LogP contribution in [0.3, 0.4) is 0 Å². The van der Waals surface area contributed by atoms with Crippen molar-refractivity contribution >= 4 is 46.9 Å². The molecule has 7 heteroatoms. The number of thioether (sulfide) groups is 1. The second-order valence-electron chi connectivity index (χ2n) is 9.22. The summed E-state index contributed by atoms with van der Waals surface area (Å²) in [4.78, 5) is 40.2. The van der Waals surface area contributed by atoms with Gasteiger partial charge in [0.05, 0.1) is 0 Å². The number of nitrogens with one attached hydrogen (secondary N) is 1.